The van der Waals surface area contributed by atoms with Crippen LogP contribution in [0.4, 0.5) is 0 Å². The van der Waals surface area contributed by atoms with E-state index in [0.29, 0.717) is 0 Å². The first-order valence-electron chi connectivity index (χ1n) is 8.81. The Hall–Kier alpha value is -0.760. The molecule has 0 spiro atoms. The third kappa shape index (κ3) is 12.7. The summed E-state index contributed by atoms with van der Waals surface area (Å²) in [6.45, 7) is 18.3. The molecule has 0 amide bonds. The van der Waals surface area contributed by atoms with E-state index in [2.05, 4.69) is 31.9 Å². The molecule has 0 bridgehead atoms. The largest absolute Gasteiger partial charge is 0.493 e. The molecule has 0 aliphatic rings. The van der Waals surface area contributed by atoms with Gasteiger partial charge in [0, 0.05) is 6.54 Å². The van der Waals surface area contributed by atoms with Gasteiger partial charge in [-0.05, 0) is 38.4 Å². The molecule has 0 unspecified atom stereocenters. The van der Waals surface area contributed by atoms with Gasteiger partial charge in [0.2, 0.25) is 0 Å². The zero-order valence-electron chi connectivity index (χ0n) is 14.8. The van der Waals surface area contributed by atoms with E-state index in [1.54, 1.807) is 0 Å². The van der Waals surface area contributed by atoms with E-state index in [0.717, 1.165) is 24.5 Å². The molecule has 0 saturated heterocycles. The zero-order valence-corrected chi connectivity index (χ0v) is 14.8. The lowest BCUT2D eigenvalue weighted by Gasteiger charge is -2.22. The quantitative estimate of drug-likeness (QED) is 0.223. The van der Waals surface area contributed by atoms with E-state index in [9.17, 15) is 0 Å². The average Bonchev–Trinajstić information content (AvgIpc) is 2.47. The highest BCUT2D eigenvalue weighted by Crippen LogP contribution is 2.08. The number of unbranched alkanes of at least 4 members (excludes halogenated alkanes) is 6. The van der Waals surface area contributed by atoms with Gasteiger partial charge >= 0.3 is 0 Å². The summed E-state index contributed by atoms with van der Waals surface area (Å²) in [4.78, 5) is 2.54. The maximum Gasteiger partial charge on any atom is 0.114 e. The van der Waals surface area contributed by atoms with E-state index >= 15 is 0 Å². The van der Waals surface area contributed by atoms with Crippen LogP contribution in [0.1, 0.15) is 72.1 Å². The van der Waals surface area contributed by atoms with E-state index in [-0.39, 0.29) is 0 Å². The fraction of sp³-hybridized carbons (Fsp3) is 0.789. The fourth-order valence-corrected chi connectivity index (χ4v) is 2.25. The molecule has 124 valence electrons. The van der Waals surface area contributed by atoms with Crippen LogP contribution in [0.3, 0.4) is 0 Å². The highest BCUT2D eigenvalue weighted by Gasteiger charge is 2.05. The van der Waals surface area contributed by atoms with Gasteiger partial charge in [0.05, 0.1) is 0 Å². The molecule has 0 N–H and O–H groups in total. The van der Waals surface area contributed by atoms with Crippen molar-refractivity contribution in [3.05, 3.63) is 24.5 Å². The van der Waals surface area contributed by atoms with Crippen molar-refractivity contribution in [1.29, 1.82) is 0 Å². The topological polar surface area (TPSA) is 12.5 Å². The van der Waals surface area contributed by atoms with Crippen molar-refractivity contribution in [2.45, 2.75) is 72.1 Å². The zero-order chi connectivity index (χ0) is 15.9. The fourth-order valence-electron chi connectivity index (χ4n) is 2.25. The molecular formula is C19H37NO. The van der Waals surface area contributed by atoms with Gasteiger partial charge in [-0.3, -0.25) is 4.90 Å². The predicted octanol–water partition coefficient (Wildman–Crippen LogP) is 5.56. The summed E-state index contributed by atoms with van der Waals surface area (Å²) in [5.74, 6) is 0.727. The van der Waals surface area contributed by atoms with Crippen LogP contribution in [0, 0.1) is 0 Å². The van der Waals surface area contributed by atoms with Crippen molar-refractivity contribution in [3.8, 4) is 0 Å². The second-order valence-electron chi connectivity index (χ2n) is 6.01. The third-order valence-corrected chi connectivity index (χ3v) is 3.82. The molecule has 0 aromatic rings. The molecule has 0 rings (SSSR count). The molecule has 0 aromatic heterocycles. The normalized spacial score (nSPS) is 10.9. The van der Waals surface area contributed by atoms with Gasteiger partial charge in [-0.15, -0.1) is 0 Å². The Kier molecular flexibility index (Phi) is 13.7. The molecular weight excluding hydrogens is 258 g/mol. The first-order valence-corrected chi connectivity index (χ1v) is 8.81. The van der Waals surface area contributed by atoms with Gasteiger partial charge in [0.1, 0.15) is 12.4 Å². The summed E-state index contributed by atoms with van der Waals surface area (Å²) in [5, 5.41) is 0. The highest BCUT2D eigenvalue weighted by molar-refractivity contribution is 5.15. The lowest BCUT2D eigenvalue weighted by molar-refractivity contribution is 0.159. The minimum absolute atomic E-state index is 0.727. The Morgan fingerprint density at radius 2 is 1.38 bits per heavy atom. The Bertz CT molecular complexity index is 273. The number of hydrogen-bond acceptors (Lipinski definition) is 2. The van der Waals surface area contributed by atoms with E-state index in [4.69, 9.17) is 4.74 Å². The number of rotatable bonds is 15. The Morgan fingerprint density at radius 1 is 0.810 bits per heavy atom. The summed E-state index contributed by atoms with van der Waals surface area (Å²) in [6.07, 6.45) is 10.7. The van der Waals surface area contributed by atoms with Gasteiger partial charge in [0.25, 0.3) is 0 Å². The molecule has 0 aromatic carbocycles. The minimum atomic E-state index is 0.727. The van der Waals surface area contributed by atoms with Crippen LogP contribution in [0.5, 0.6) is 0 Å². The van der Waals surface area contributed by atoms with E-state index < -0.39 is 0 Å². The number of allylic oxidation sites excluding steroid dienone is 1. The average molecular weight is 296 g/mol. The molecule has 0 fully saturated rings. The van der Waals surface area contributed by atoms with Gasteiger partial charge < -0.3 is 4.74 Å². The van der Waals surface area contributed by atoms with Crippen molar-refractivity contribution in [2.24, 2.45) is 0 Å². The van der Waals surface area contributed by atoms with Gasteiger partial charge in [-0.25, -0.2) is 0 Å². The second kappa shape index (κ2) is 14.2. The Balaban J connectivity index is 3.80. The van der Waals surface area contributed by atoms with Crippen LogP contribution < -0.4 is 0 Å². The highest BCUT2D eigenvalue weighted by atomic mass is 16.5. The predicted molar refractivity (Wildman–Crippen MR) is 94.6 cm³/mol. The molecule has 2 heteroatoms. The van der Waals surface area contributed by atoms with E-state index in [1.165, 1.54) is 64.5 Å². The Labute approximate surface area is 133 Å². The van der Waals surface area contributed by atoms with Crippen LogP contribution in [0.25, 0.3) is 0 Å². The van der Waals surface area contributed by atoms with Crippen LogP contribution in [0.2, 0.25) is 0 Å². The van der Waals surface area contributed by atoms with Crippen LogP contribution >= 0.6 is 0 Å². The number of hydrogen-bond donors (Lipinski definition) is 0. The van der Waals surface area contributed by atoms with Gasteiger partial charge in [0.15, 0.2) is 0 Å². The maximum atomic E-state index is 5.64. The molecule has 0 radical (unpaired) electrons. The molecule has 0 aliphatic carbocycles. The van der Waals surface area contributed by atoms with Crippen LogP contribution in [-0.2, 0) is 4.74 Å². The third-order valence-electron chi connectivity index (χ3n) is 3.82. The minimum Gasteiger partial charge on any atom is -0.493 e. The summed E-state index contributed by atoms with van der Waals surface area (Å²) in [7, 11) is 0. The summed E-state index contributed by atoms with van der Waals surface area (Å²) in [6, 6.07) is 0. The standard InChI is InChI=1S/C19H37NO/c1-6-8-10-11-12-13-15-20(14-9-7-2)16-17-21-19(5)18(3)4/h3,5-17H2,1-2,4H3. The van der Waals surface area contributed by atoms with E-state index in [1.807, 2.05) is 6.92 Å². The molecule has 0 aliphatic heterocycles. The van der Waals surface area contributed by atoms with Crippen LogP contribution in [-0.4, -0.2) is 31.1 Å². The first kappa shape index (κ1) is 20.2. The number of ether oxygens (including phenoxy) is 1. The SMILES string of the molecule is C=C(C)C(=C)OCCN(CCCC)CCCCCCCC. The van der Waals surface area contributed by atoms with Gasteiger partial charge in [-0.2, -0.15) is 0 Å². The first-order chi connectivity index (χ1) is 10.1. The number of nitrogens with zero attached hydrogens (tertiary/aromatic N) is 1. The molecule has 2 nitrogen and oxygen atoms in total. The van der Waals surface area contributed by atoms with Crippen molar-refractivity contribution in [1.82, 2.24) is 4.90 Å². The van der Waals surface area contributed by atoms with Crippen molar-refractivity contribution in [3.63, 3.8) is 0 Å². The molecule has 0 heterocycles. The lowest BCUT2D eigenvalue weighted by Crippen LogP contribution is -2.29. The molecule has 21 heavy (non-hydrogen) atoms. The maximum absolute atomic E-state index is 5.64. The smallest absolute Gasteiger partial charge is 0.114 e. The lowest BCUT2D eigenvalue weighted by atomic mass is 10.1. The van der Waals surface area contributed by atoms with Crippen molar-refractivity contribution >= 4 is 0 Å². The van der Waals surface area contributed by atoms with Crippen molar-refractivity contribution in [2.75, 3.05) is 26.2 Å². The summed E-state index contributed by atoms with van der Waals surface area (Å²) >= 11 is 0. The van der Waals surface area contributed by atoms with Crippen molar-refractivity contribution < 1.29 is 4.74 Å². The summed E-state index contributed by atoms with van der Waals surface area (Å²) < 4.78 is 5.64. The Morgan fingerprint density at radius 3 is 2.00 bits per heavy atom. The summed E-state index contributed by atoms with van der Waals surface area (Å²) in [5.41, 5.74) is 0.922. The monoisotopic (exact) mass is 295 g/mol. The van der Waals surface area contributed by atoms with Gasteiger partial charge in [-0.1, -0.05) is 65.5 Å². The molecule has 0 atom stereocenters. The van der Waals surface area contributed by atoms with Crippen LogP contribution in [0.15, 0.2) is 24.5 Å². The second-order valence-corrected chi connectivity index (χ2v) is 6.01. The molecule has 0 saturated carbocycles.